The van der Waals surface area contributed by atoms with Gasteiger partial charge in [-0.25, -0.2) is 4.98 Å². The highest BCUT2D eigenvalue weighted by Gasteiger charge is 2.11. The van der Waals surface area contributed by atoms with Gasteiger partial charge in [0.05, 0.1) is 10.9 Å². The summed E-state index contributed by atoms with van der Waals surface area (Å²) in [6, 6.07) is 4.32. The van der Waals surface area contributed by atoms with E-state index < -0.39 is 0 Å². The van der Waals surface area contributed by atoms with Gasteiger partial charge in [0.2, 0.25) is 0 Å². The number of H-pyrrole nitrogens is 1. The van der Waals surface area contributed by atoms with Gasteiger partial charge in [0.15, 0.2) is 0 Å². The minimum absolute atomic E-state index is 0.322. The van der Waals surface area contributed by atoms with Crippen molar-refractivity contribution in [3.8, 4) is 0 Å². The van der Waals surface area contributed by atoms with Gasteiger partial charge in [-0.1, -0.05) is 18.5 Å². The largest absolute Gasteiger partial charge is 0.302 e. The minimum Gasteiger partial charge on any atom is -0.302 e. The predicted octanol–water partition coefficient (Wildman–Crippen LogP) is 2.76. The third-order valence-electron chi connectivity index (χ3n) is 2.33. The molecule has 0 amide bonds. The molecule has 6 heteroatoms. The zero-order valence-electron chi connectivity index (χ0n) is 8.90. The molecule has 0 aliphatic heterocycles. The van der Waals surface area contributed by atoms with Crippen molar-refractivity contribution in [3.63, 3.8) is 0 Å². The van der Waals surface area contributed by atoms with E-state index in [-0.39, 0.29) is 0 Å². The van der Waals surface area contributed by atoms with E-state index in [4.69, 9.17) is 11.6 Å². The molecule has 0 saturated carbocycles. The van der Waals surface area contributed by atoms with Crippen LogP contribution in [0.25, 0.3) is 0 Å². The van der Waals surface area contributed by atoms with Gasteiger partial charge in [0, 0.05) is 10.9 Å². The number of halogens is 1. The third-order valence-corrected chi connectivity index (χ3v) is 3.67. The molecule has 1 atom stereocenters. The van der Waals surface area contributed by atoms with E-state index in [0.29, 0.717) is 12.6 Å². The van der Waals surface area contributed by atoms with Crippen LogP contribution in [0.2, 0.25) is 4.34 Å². The fourth-order valence-electron chi connectivity index (χ4n) is 1.50. The zero-order chi connectivity index (χ0) is 11.4. The Bertz CT molecular complexity index is 426. The van der Waals surface area contributed by atoms with Crippen molar-refractivity contribution in [1.29, 1.82) is 0 Å². The summed E-state index contributed by atoms with van der Waals surface area (Å²) in [4.78, 5) is 5.33. The summed E-state index contributed by atoms with van der Waals surface area (Å²) >= 11 is 7.54. The number of aromatic amines is 1. The summed E-state index contributed by atoms with van der Waals surface area (Å²) in [5.74, 6) is 0.848. The van der Waals surface area contributed by atoms with Gasteiger partial charge in [-0.15, -0.1) is 11.3 Å². The Kier molecular flexibility index (Phi) is 3.93. The first-order valence-corrected chi connectivity index (χ1v) is 6.32. The van der Waals surface area contributed by atoms with Gasteiger partial charge >= 0.3 is 0 Å². The molecule has 0 aromatic carbocycles. The summed E-state index contributed by atoms with van der Waals surface area (Å²) in [7, 11) is 0. The second-order valence-corrected chi connectivity index (χ2v) is 5.16. The fraction of sp³-hybridized carbons (Fsp3) is 0.400. The van der Waals surface area contributed by atoms with Crippen molar-refractivity contribution < 1.29 is 0 Å². The van der Waals surface area contributed by atoms with Crippen LogP contribution in [0.4, 0.5) is 0 Å². The smallest absolute Gasteiger partial charge is 0.138 e. The molecule has 2 N–H and O–H groups in total. The van der Waals surface area contributed by atoms with E-state index in [1.165, 1.54) is 11.2 Å². The van der Waals surface area contributed by atoms with E-state index in [9.17, 15) is 0 Å². The number of nitrogens with zero attached hydrogens (tertiary/aromatic N) is 2. The molecule has 0 saturated heterocycles. The SMILES string of the molecule is CC[C@H](NCc1ncn[nH]1)c1ccc(Cl)s1. The molecule has 2 rings (SSSR count). The van der Waals surface area contributed by atoms with Crippen LogP contribution in [-0.4, -0.2) is 15.2 Å². The predicted molar refractivity (Wildman–Crippen MR) is 65.6 cm³/mol. The van der Waals surface area contributed by atoms with Crippen LogP contribution >= 0.6 is 22.9 Å². The highest BCUT2D eigenvalue weighted by Crippen LogP contribution is 2.28. The Morgan fingerprint density at radius 3 is 3.00 bits per heavy atom. The first kappa shape index (κ1) is 11.6. The molecule has 0 aliphatic rings. The molecule has 86 valence electrons. The molecule has 16 heavy (non-hydrogen) atoms. The van der Waals surface area contributed by atoms with Gasteiger partial charge in [-0.3, -0.25) is 5.10 Å². The lowest BCUT2D eigenvalue weighted by molar-refractivity contribution is 0.516. The molecule has 0 radical (unpaired) electrons. The second-order valence-electron chi connectivity index (χ2n) is 3.42. The van der Waals surface area contributed by atoms with Gasteiger partial charge in [0.1, 0.15) is 12.2 Å². The van der Waals surface area contributed by atoms with Crippen LogP contribution in [0.1, 0.15) is 30.1 Å². The average molecular weight is 257 g/mol. The molecular formula is C10H13ClN4S. The van der Waals surface area contributed by atoms with Crippen LogP contribution in [0.15, 0.2) is 18.5 Å². The first-order chi connectivity index (χ1) is 7.79. The Balaban J connectivity index is 1.96. The maximum Gasteiger partial charge on any atom is 0.138 e. The summed E-state index contributed by atoms with van der Waals surface area (Å²) in [6.45, 7) is 2.83. The van der Waals surface area contributed by atoms with E-state index in [1.807, 2.05) is 6.07 Å². The summed E-state index contributed by atoms with van der Waals surface area (Å²) in [5, 5.41) is 10.1. The van der Waals surface area contributed by atoms with Crippen molar-refractivity contribution in [2.45, 2.75) is 25.9 Å². The molecule has 2 heterocycles. The van der Waals surface area contributed by atoms with Gasteiger partial charge in [-0.05, 0) is 18.6 Å². The number of hydrogen-bond donors (Lipinski definition) is 2. The van der Waals surface area contributed by atoms with Gasteiger partial charge in [0.25, 0.3) is 0 Å². The van der Waals surface area contributed by atoms with Gasteiger partial charge in [-0.2, -0.15) is 5.10 Å². The normalized spacial score (nSPS) is 12.9. The molecule has 0 spiro atoms. The van der Waals surface area contributed by atoms with Crippen molar-refractivity contribution in [2.75, 3.05) is 0 Å². The first-order valence-electron chi connectivity index (χ1n) is 5.12. The van der Waals surface area contributed by atoms with Crippen LogP contribution in [0.3, 0.4) is 0 Å². The van der Waals surface area contributed by atoms with E-state index in [2.05, 4.69) is 33.5 Å². The molecule has 2 aromatic rings. The highest BCUT2D eigenvalue weighted by atomic mass is 35.5. The topological polar surface area (TPSA) is 53.6 Å². The lowest BCUT2D eigenvalue weighted by atomic mass is 10.2. The molecule has 4 nitrogen and oxygen atoms in total. The Labute approximate surface area is 103 Å². The molecule has 2 aromatic heterocycles. The van der Waals surface area contributed by atoms with Crippen molar-refractivity contribution in [2.24, 2.45) is 0 Å². The van der Waals surface area contributed by atoms with Crippen molar-refractivity contribution in [1.82, 2.24) is 20.5 Å². The summed E-state index contributed by atoms with van der Waals surface area (Å²) < 4.78 is 0.829. The van der Waals surface area contributed by atoms with Crippen LogP contribution < -0.4 is 5.32 Å². The molecule has 0 aliphatic carbocycles. The third kappa shape index (κ3) is 2.81. The van der Waals surface area contributed by atoms with E-state index >= 15 is 0 Å². The van der Waals surface area contributed by atoms with Crippen LogP contribution in [0.5, 0.6) is 0 Å². The van der Waals surface area contributed by atoms with Crippen LogP contribution in [-0.2, 0) is 6.54 Å². The number of thiophene rings is 1. The standard InChI is InChI=1S/C10H13ClN4S/c1-2-7(8-3-4-9(11)16-8)12-5-10-13-6-14-15-10/h3-4,6-7,12H,2,5H2,1H3,(H,13,14,15)/t7-/m0/s1. The van der Waals surface area contributed by atoms with E-state index in [1.54, 1.807) is 11.3 Å². The number of rotatable bonds is 5. The minimum atomic E-state index is 0.322. The number of nitrogens with one attached hydrogen (secondary N) is 2. The second kappa shape index (κ2) is 5.43. The lowest BCUT2D eigenvalue weighted by Gasteiger charge is -2.13. The molecule has 0 fully saturated rings. The van der Waals surface area contributed by atoms with Gasteiger partial charge < -0.3 is 5.32 Å². The highest BCUT2D eigenvalue weighted by molar-refractivity contribution is 7.16. The van der Waals surface area contributed by atoms with Crippen molar-refractivity contribution >= 4 is 22.9 Å². The maximum atomic E-state index is 5.92. The van der Waals surface area contributed by atoms with Crippen molar-refractivity contribution in [3.05, 3.63) is 33.5 Å². The average Bonchev–Trinajstić information content (AvgIpc) is 2.91. The number of aromatic nitrogens is 3. The number of hydrogen-bond acceptors (Lipinski definition) is 4. The molecule has 0 bridgehead atoms. The molecular weight excluding hydrogens is 244 g/mol. The quantitative estimate of drug-likeness (QED) is 0.865. The zero-order valence-corrected chi connectivity index (χ0v) is 10.5. The monoisotopic (exact) mass is 256 g/mol. The Morgan fingerprint density at radius 1 is 1.56 bits per heavy atom. The molecule has 0 unspecified atom stereocenters. The Hall–Kier alpha value is -0.910. The summed E-state index contributed by atoms with van der Waals surface area (Å²) in [6.07, 6.45) is 2.53. The van der Waals surface area contributed by atoms with Crippen LogP contribution in [0, 0.1) is 0 Å². The fourth-order valence-corrected chi connectivity index (χ4v) is 2.72. The Morgan fingerprint density at radius 2 is 2.44 bits per heavy atom. The summed E-state index contributed by atoms with van der Waals surface area (Å²) in [5.41, 5.74) is 0. The lowest BCUT2D eigenvalue weighted by Crippen LogP contribution is -2.20. The van der Waals surface area contributed by atoms with E-state index in [0.717, 1.165) is 16.6 Å². The maximum absolute atomic E-state index is 5.92.